The topological polar surface area (TPSA) is 36.7 Å². The van der Waals surface area contributed by atoms with Gasteiger partial charge in [0.1, 0.15) is 6.07 Å². The normalized spacial score (nSPS) is 10.3. The number of pyridine rings is 1. The standard InChI is InChI=1S/C8H4ClF3N2/c9-1-4-3-14-5(2-13)7(10)6(4)8(11)12/h3,8H,1H2. The van der Waals surface area contributed by atoms with Crippen LogP contribution in [0.2, 0.25) is 0 Å². The molecule has 0 amide bonds. The predicted octanol–water partition coefficient (Wildman–Crippen LogP) is 2.77. The van der Waals surface area contributed by atoms with Crippen LogP contribution in [-0.4, -0.2) is 4.98 Å². The summed E-state index contributed by atoms with van der Waals surface area (Å²) < 4.78 is 37.9. The van der Waals surface area contributed by atoms with Crippen molar-refractivity contribution < 1.29 is 13.2 Å². The largest absolute Gasteiger partial charge is 0.267 e. The molecular formula is C8H4ClF3N2. The van der Waals surface area contributed by atoms with Gasteiger partial charge in [-0.3, -0.25) is 0 Å². The molecule has 0 aliphatic heterocycles. The molecule has 0 radical (unpaired) electrons. The Morgan fingerprint density at radius 2 is 2.21 bits per heavy atom. The van der Waals surface area contributed by atoms with E-state index in [-0.39, 0.29) is 11.4 Å². The van der Waals surface area contributed by atoms with Gasteiger partial charge in [0.15, 0.2) is 11.5 Å². The Kier molecular flexibility index (Phi) is 3.31. The Morgan fingerprint density at radius 1 is 1.57 bits per heavy atom. The first kappa shape index (κ1) is 10.8. The molecule has 2 nitrogen and oxygen atoms in total. The first-order valence-electron chi connectivity index (χ1n) is 3.53. The van der Waals surface area contributed by atoms with Gasteiger partial charge in [-0.15, -0.1) is 11.6 Å². The van der Waals surface area contributed by atoms with Gasteiger partial charge in [0, 0.05) is 12.1 Å². The zero-order chi connectivity index (χ0) is 10.7. The summed E-state index contributed by atoms with van der Waals surface area (Å²) in [6.07, 6.45) is -2.02. The fourth-order valence-electron chi connectivity index (χ4n) is 0.958. The number of hydrogen-bond donors (Lipinski definition) is 0. The molecule has 1 heterocycles. The molecule has 1 aromatic rings. The first-order valence-corrected chi connectivity index (χ1v) is 4.06. The maximum absolute atomic E-state index is 13.1. The molecule has 0 spiro atoms. The fourth-order valence-corrected chi connectivity index (χ4v) is 1.17. The molecule has 0 saturated carbocycles. The minimum atomic E-state index is -3.00. The molecule has 1 aromatic heterocycles. The van der Waals surface area contributed by atoms with Crippen LogP contribution >= 0.6 is 11.6 Å². The van der Waals surface area contributed by atoms with E-state index in [2.05, 4.69) is 4.98 Å². The van der Waals surface area contributed by atoms with Crippen LogP contribution in [0, 0.1) is 17.1 Å². The minimum Gasteiger partial charge on any atom is -0.242 e. The third-order valence-electron chi connectivity index (χ3n) is 1.61. The van der Waals surface area contributed by atoms with E-state index in [4.69, 9.17) is 16.9 Å². The van der Waals surface area contributed by atoms with Crippen molar-refractivity contribution in [1.29, 1.82) is 5.26 Å². The van der Waals surface area contributed by atoms with Crippen LogP contribution in [0.1, 0.15) is 23.2 Å². The molecule has 0 aliphatic rings. The van der Waals surface area contributed by atoms with E-state index < -0.39 is 23.5 Å². The molecule has 14 heavy (non-hydrogen) atoms. The molecule has 0 N–H and O–H groups in total. The van der Waals surface area contributed by atoms with E-state index in [0.717, 1.165) is 6.20 Å². The molecule has 0 aromatic carbocycles. The Balaban J connectivity index is 3.41. The summed E-state index contributed by atoms with van der Waals surface area (Å²) in [6.45, 7) is 0. The number of nitriles is 1. The van der Waals surface area contributed by atoms with E-state index in [9.17, 15) is 13.2 Å². The number of alkyl halides is 3. The van der Waals surface area contributed by atoms with Gasteiger partial charge in [-0.1, -0.05) is 0 Å². The van der Waals surface area contributed by atoms with Gasteiger partial charge in [-0.25, -0.2) is 18.2 Å². The first-order chi connectivity index (χ1) is 6.61. The molecule has 0 bridgehead atoms. The second-order valence-corrected chi connectivity index (χ2v) is 2.67. The number of aromatic nitrogens is 1. The molecular weight excluding hydrogens is 217 g/mol. The lowest BCUT2D eigenvalue weighted by atomic mass is 10.1. The van der Waals surface area contributed by atoms with Gasteiger partial charge in [0.05, 0.1) is 5.56 Å². The average molecular weight is 221 g/mol. The second-order valence-electron chi connectivity index (χ2n) is 2.41. The van der Waals surface area contributed by atoms with Crippen molar-refractivity contribution in [2.45, 2.75) is 12.3 Å². The summed E-state index contributed by atoms with van der Waals surface area (Å²) in [5, 5.41) is 8.36. The lowest BCUT2D eigenvalue weighted by molar-refractivity contribution is 0.145. The number of nitrogens with zero attached hydrogens (tertiary/aromatic N) is 2. The van der Waals surface area contributed by atoms with Gasteiger partial charge < -0.3 is 0 Å². The zero-order valence-corrected chi connectivity index (χ0v) is 7.52. The summed E-state index contributed by atoms with van der Waals surface area (Å²) in [5.41, 5.74) is -1.58. The zero-order valence-electron chi connectivity index (χ0n) is 6.77. The molecule has 0 atom stereocenters. The molecule has 74 valence electrons. The second kappa shape index (κ2) is 4.29. The lowest BCUT2D eigenvalue weighted by Gasteiger charge is -2.07. The summed E-state index contributed by atoms with van der Waals surface area (Å²) in [5.74, 6) is -1.56. The third-order valence-corrected chi connectivity index (χ3v) is 1.90. The van der Waals surface area contributed by atoms with Gasteiger partial charge >= 0.3 is 0 Å². The molecule has 0 fully saturated rings. The monoisotopic (exact) mass is 220 g/mol. The van der Waals surface area contributed by atoms with Crippen LogP contribution in [0.5, 0.6) is 0 Å². The third kappa shape index (κ3) is 1.80. The summed E-state index contributed by atoms with van der Waals surface area (Å²) in [4.78, 5) is 3.36. The van der Waals surface area contributed by atoms with Crippen molar-refractivity contribution >= 4 is 11.6 Å². The van der Waals surface area contributed by atoms with E-state index in [0.29, 0.717) is 0 Å². The Bertz CT molecular complexity index is 387. The number of halogens is 4. The SMILES string of the molecule is N#Cc1ncc(CCl)c(C(F)F)c1F. The molecule has 1 rings (SSSR count). The maximum atomic E-state index is 13.1. The van der Waals surface area contributed by atoms with Crippen LogP contribution < -0.4 is 0 Å². The summed E-state index contributed by atoms with van der Waals surface area (Å²) >= 11 is 5.32. The van der Waals surface area contributed by atoms with Gasteiger partial charge in [-0.05, 0) is 5.56 Å². The van der Waals surface area contributed by atoms with Crippen molar-refractivity contribution in [1.82, 2.24) is 4.98 Å². The summed E-state index contributed by atoms with van der Waals surface area (Å²) in [7, 11) is 0. The van der Waals surface area contributed by atoms with Crippen molar-refractivity contribution in [3.63, 3.8) is 0 Å². The van der Waals surface area contributed by atoms with Crippen LogP contribution in [0.3, 0.4) is 0 Å². The van der Waals surface area contributed by atoms with Crippen LogP contribution in [-0.2, 0) is 5.88 Å². The van der Waals surface area contributed by atoms with E-state index in [1.807, 2.05) is 0 Å². The van der Waals surface area contributed by atoms with Crippen molar-refractivity contribution in [2.75, 3.05) is 0 Å². The Labute approximate surface area is 82.9 Å². The molecule has 0 unspecified atom stereocenters. The van der Waals surface area contributed by atoms with Crippen molar-refractivity contribution in [3.8, 4) is 6.07 Å². The van der Waals surface area contributed by atoms with Gasteiger partial charge in [-0.2, -0.15) is 5.26 Å². The highest BCUT2D eigenvalue weighted by Gasteiger charge is 2.21. The maximum Gasteiger partial charge on any atom is 0.267 e. The van der Waals surface area contributed by atoms with Crippen molar-refractivity contribution in [2.24, 2.45) is 0 Å². The number of hydrogen-bond acceptors (Lipinski definition) is 2. The smallest absolute Gasteiger partial charge is 0.242 e. The predicted molar refractivity (Wildman–Crippen MR) is 43.4 cm³/mol. The summed E-state index contributed by atoms with van der Waals surface area (Å²) in [6, 6.07) is 1.38. The van der Waals surface area contributed by atoms with E-state index in [1.54, 1.807) is 0 Å². The molecule has 0 saturated heterocycles. The molecule has 6 heteroatoms. The highest BCUT2D eigenvalue weighted by Crippen LogP contribution is 2.27. The molecule has 0 aliphatic carbocycles. The Morgan fingerprint density at radius 3 is 2.64 bits per heavy atom. The highest BCUT2D eigenvalue weighted by molar-refractivity contribution is 6.17. The highest BCUT2D eigenvalue weighted by atomic mass is 35.5. The van der Waals surface area contributed by atoms with Crippen LogP contribution in [0.25, 0.3) is 0 Å². The van der Waals surface area contributed by atoms with Crippen molar-refractivity contribution in [3.05, 3.63) is 28.8 Å². The Hall–Kier alpha value is -1.28. The fraction of sp³-hybridized carbons (Fsp3) is 0.250. The number of rotatable bonds is 2. The van der Waals surface area contributed by atoms with E-state index >= 15 is 0 Å². The quantitative estimate of drug-likeness (QED) is 0.719. The van der Waals surface area contributed by atoms with Crippen LogP contribution in [0.15, 0.2) is 6.20 Å². The van der Waals surface area contributed by atoms with E-state index in [1.165, 1.54) is 6.07 Å². The minimum absolute atomic E-state index is 0.0989. The average Bonchev–Trinajstić information content (AvgIpc) is 2.16. The van der Waals surface area contributed by atoms with Gasteiger partial charge in [0.25, 0.3) is 6.43 Å². The van der Waals surface area contributed by atoms with Gasteiger partial charge in [0.2, 0.25) is 0 Å². The van der Waals surface area contributed by atoms with Crippen LogP contribution in [0.4, 0.5) is 13.2 Å². The lowest BCUT2D eigenvalue weighted by Crippen LogP contribution is -2.02.